The summed E-state index contributed by atoms with van der Waals surface area (Å²) in [7, 11) is 0. The number of carbonyl (C=O) groups excluding carboxylic acids is 1. The van der Waals surface area contributed by atoms with Gasteiger partial charge in [-0.05, 0) is 62.0 Å². The lowest BCUT2D eigenvalue weighted by Gasteiger charge is -2.25. The molecule has 0 N–H and O–H groups in total. The third-order valence-corrected chi connectivity index (χ3v) is 7.42. The van der Waals surface area contributed by atoms with Gasteiger partial charge in [-0.25, -0.2) is 4.98 Å². The third-order valence-electron chi connectivity index (χ3n) is 5.33. The van der Waals surface area contributed by atoms with E-state index in [4.69, 9.17) is 4.98 Å². The number of halogens is 1. The van der Waals surface area contributed by atoms with E-state index in [-0.39, 0.29) is 18.3 Å². The molecule has 1 amide bonds. The standard InChI is InChI=1S/C24H31N3OS2.ClH/c1-6-26(7-2)14-15-27(23(28)19-10-9-11-20(16-19)29-8-3)24-25-21-17(4)12-13-18(5)22(21)30-24;/h9-13,16H,6-8,14-15H2,1-5H3;1H. The molecule has 0 saturated heterocycles. The van der Waals surface area contributed by atoms with E-state index in [2.05, 4.69) is 57.7 Å². The van der Waals surface area contributed by atoms with Crippen LogP contribution in [0.4, 0.5) is 5.13 Å². The second-order valence-electron chi connectivity index (χ2n) is 7.32. The first kappa shape index (κ1) is 25.7. The van der Waals surface area contributed by atoms with E-state index in [1.54, 1.807) is 23.1 Å². The van der Waals surface area contributed by atoms with Crippen molar-refractivity contribution in [1.82, 2.24) is 9.88 Å². The summed E-state index contributed by atoms with van der Waals surface area (Å²) in [6, 6.07) is 12.2. The molecule has 3 aromatic rings. The van der Waals surface area contributed by atoms with Crippen LogP contribution in [0.15, 0.2) is 41.3 Å². The molecule has 0 spiro atoms. The Hall–Kier alpha value is -1.60. The molecule has 7 heteroatoms. The van der Waals surface area contributed by atoms with Gasteiger partial charge in [-0.2, -0.15) is 0 Å². The summed E-state index contributed by atoms with van der Waals surface area (Å²) in [5.74, 6) is 1.01. The van der Waals surface area contributed by atoms with Gasteiger partial charge in [-0.3, -0.25) is 9.69 Å². The largest absolute Gasteiger partial charge is 0.302 e. The molecule has 0 radical (unpaired) electrons. The molecule has 0 aliphatic carbocycles. The zero-order chi connectivity index (χ0) is 21.7. The van der Waals surface area contributed by atoms with Crippen molar-refractivity contribution in [2.24, 2.45) is 0 Å². The fraction of sp³-hybridized carbons (Fsp3) is 0.417. The van der Waals surface area contributed by atoms with Gasteiger partial charge in [0.1, 0.15) is 0 Å². The summed E-state index contributed by atoms with van der Waals surface area (Å²) < 4.78 is 1.17. The first-order valence-electron chi connectivity index (χ1n) is 10.6. The Bertz CT molecular complexity index is 978. The van der Waals surface area contributed by atoms with Gasteiger partial charge in [0.15, 0.2) is 5.13 Å². The SMILES string of the molecule is CCSc1cccc(C(=O)N(CCN(CC)CC)c2nc3c(C)ccc(C)c3s2)c1.Cl. The summed E-state index contributed by atoms with van der Waals surface area (Å²) >= 11 is 3.38. The molecular weight excluding hydrogens is 446 g/mol. The van der Waals surface area contributed by atoms with E-state index in [0.717, 1.165) is 52.1 Å². The minimum atomic E-state index is 0. The first-order chi connectivity index (χ1) is 14.5. The summed E-state index contributed by atoms with van der Waals surface area (Å²) in [4.78, 5) is 23.9. The predicted octanol–water partition coefficient (Wildman–Crippen LogP) is 6.44. The van der Waals surface area contributed by atoms with Crippen molar-refractivity contribution in [3.8, 4) is 0 Å². The van der Waals surface area contributed by atoms with Crippen molar-refractivity contribution in [2.75, 3.05) is 36.8 Å². The Morgan fingerprint density at radius 2 is 1.74 bits per heavy atom. The molecule has 1 aromatic heterocycles. The van der Waals surface area contributed by atoms with E-state index < -0.39 is 0 Å². The monoisotopic (exact) mass is 477 g/mol. The van der Waals surface area contributed by atoms with Crippen molar-refractivity contribution < 1.29 is 4.79 Å². The van der Waals surface area contributed by atoms with Crippen LogP contribution in [0.5, 0.6) is 0 Å². The second kappa shape index (κ2) is 11.9. The van der Waals surface area contributed by atoms with Crippen LogP contribution in [0.2, 0.25) is 0 Å². The Morgan fingerprint density at radius 3 is 2.39 bits per heavy atom. The number of aryl methyl sites for hydroxylation is 2. The number of thioether (sulfide) groups is 1. The zero-order valence-corrected chi connectivity index (χ0v) is 21.4. The van der Waals surface area contributed by atoms with Crippen LogP contribution in [0, 0.1) is 13.8 Å². The topological polar surface area (TPSA) is 36.4 Å². The molecule has 31 heavy (non-hydrogen) atoms. The molecule has 4 nitrogen and oxygen atoms in total. The minimum absolute atomic E-state index is 0. The molecule has 168 valence electrons. The van der Waals surface area contributed by atoms with Gasteiger partial charge in [0, 0.05) is 23.5 Å². The highest BCUT2D eigenvalue weighted by Gasteiger charge is 2.23. The number of nitrogens with zero attached hydrogens (tertiary/aromatic N) is 3. The maximum Gasteiger partial charge on any atom is 0.260 e. The molecule has 2 aromatic carbocycles. The Kier molecular flexibility index (Phi) is 9.82. The number of carbonyl (C=O) groups is 1. The van der Waals surface area contributed by atoms with Crippen molar-refractivity contribution in [3.05, 3.63) is 53.1 Å². The molecule has 1 heterocycles. The van der Waals surface area contributed by atoms with E-state index >= 15 is 0 Å². The smallest absolute Gasteiger partial charge is 0.260 e. The van der Waals surface area contributed by atoms with Crippen molar-refractivity contribution in [1.29, 1.82) is 0 Å². The van der Waals surface area contributed by atoms with Crippen LogP contribution in [0.3, 0.4) is 0 Å². The normalized spacial score (nSPS) is 11.0. The number of hydrogen-bond acceptors (Lipinski definition) is 5. The lowest BCUT2D eigenvalue weighted by atomic mass is 10.1. The van der Waals surface area contributed by atoms with Gasteiger partial charge in [0.25, 0.3) is 5.91 Å². The number of thiazole rings is 1. The molecule has 0 aliphatic heterocycles. The number of anilines is 1. The van der Waals surface area contributed by atoms with Gasteiger partial charge in [-0.1, -0.05) is 50.3 Å². The number of aromatic nitrogens is 1. The Morgan fingerprint density at radius 1 is 1.03 bits per heavy atom. The van der Waals surface area contributed by atoms with E-state index in [0.29, 0.717) is 6.54 Å². The summed E-state index contributed by atoms with van der Waals surface area (Å²) in [5.41, 5.74) is 4.08. The van der Waals surface area contributed by atoms with E-state index in [1.165, 1.54) is 10.3 Å². The molecule has 0 bridgehead atoms. The van der Waals surface area contributed by atoms with Crippen LogP contribution < -0.4 is 4.90 Å². The summed E-state index contributed by atoms with van der Waals surface area (Å²) in [5, 5.41) is 0.785. The number of likely N-dealkylation sites (N-methyl/N-ethyl adjacent to an activating group) is 1. The van der Waals surface area contributed by atoms with Crippen LogP contribution >= 0.6 is 35.5 Å². The number of hydrogen-bond donors (Lipinski definition) is 0. The second-order valence-corrected chi connectivity index (χ2v) is 9.63. The molecule has 0 aliphatic rings. The maximum atomic E-state index is 13.6. The van der Waals surface area contributed by atoms with Crippen LogP contribution in [0.1, 0.15) is 42.3 Å². The number of amides is 1. The quantitative estimate of drug-likeness (QED) is 0.332. The predicted molar refractivity (Wildman–Crippen MR) is 139 cm³/mol. The molecular formula is C24H32ClN3OS2. The van der Waals surface area contributed by atoms with Gasteiger partial charge in [-0.15, -0.1) is 24.2 Å². The number of rotatable bonds is 9. The van der Waals surface area contributed by atoms with Crippen LogP contribution in [-0.4, -0.2) is 47.7 Å². The lowest BCUT2D eigenvalue weighted by molar-refractivity contribution is 0.0983. The Labute approximate surface area is 200 Å². The highest BCUT2D eigenvalue weighted by atomic mass is 35.5. The molecule has 3 rings (SSSR count). The molecule has 0 atom stereocenters. The van der Waals surface area contributed by atoms with Crippen molar-refractivity contribution in [2.45, 2.75) is 39.5 Å². The molecule has 0 fully saturated rings. The van der Waals surface area contributed by atoms with Gasteiger partial charge < -0.3 is 4.90 Å². The maximum absolute atomic E-state index is 13.6. The molecule has 0 unspecified atom stereocenters. The van der Waals surface area contributed by atoms with Gasteiger partial charge >= 0.3 is 0 Å². The van der Waals surface area contributed by atoms with Gasteiger partial charge in [0.2, 0.25) is 0 Å². The van der Waals surface area contributed by atoms with Crippen LogP contribution in [-0.2, 0) is 0 Å². The van der Waals surface area contributed by atoms with Crippen LogP contribution in [0.25, 0.3) is 10.2 Å². The summed E-state index contributed by atoms with van der Waals surface area (Å²) in [6.45, 7) is 14.0. The van der Waals surface area contributed by atoms with Crippen molar-refractivity contribution >= 4 is 56.8 Å². The average molecular weight is 478 g/mol. The minimum Gasteiger partial charge on any atom is -0.302 e. The van der Waals surface area contributed by atoms with Gasteiger partial charge in [0.05, 0.1) is 10.2 Å². The lowest BCUT2D eigenvalue weighted by Crippen LogP contribution is -2.38. The van der Waals surface area contributed by atoms with E-state index in [1.807, 2.05) is 23.1 Å². The van der Waals surface area contributed by atoms with E-state index in [9.17, 15) is 4.79 Å². The molecule has 0 saturated carbocycles. The highest BCUT2D eigenvalue weighted by Crippen LogP contribution is 2.34. The van der Waals surface area contributed by atoms with Crippen molar-refractivity contribution in [3.63, 3.8) is 0 Å². The first-order valence-corrected chi connectivity index (χ1v) is 12.4. The zero-order valence-electron chi connectivity index (χ0n) is 19.0. The fourth-order valence-corrected chi connectivity index (χ4v) is 5.32. The Balaban J connectivity index is 0.00000341. The average Bonchev–Trinajstić information content (AvgIpc) is 3.20. The highest BCUT2D eigenvalue weighted by molar-refractivity contribution is 7.99. The fourth-order valence-electron chi connectivity index (χ4n) is 3.47. The third kappa shape index (κ3) is 6.01. The summed E-state index contributed by atoms with van der Waals surface area (Å²) in [6.07, 6.45) is 0. The number of benzene rings is 2. The number of fused-ring (bicyclic) bond motifs is 1.